The molecule has 0 spiro atoms. The Kier molecular flexibility index (Phi) is 4.09. The van der Waals surface area contributed by atoms with E-state index in [2.05, 4.69) is 25.0 Å². The van der Waals surface area contributed by atoms with Crippen LogP contribution in [0.5, 0.6) is 0 Å². The van der Waals surface area contributed by atoms with Gasteiger partial charge in [-0.15, -0.1) is 0 Å². The first-order valence-electron chi connectivity index (χ1n) is 8.70. The molecule has 25 heavy (non-hydrogen) atoms. The first-order chi connectivity index (χ1) is 12.1. The van der Waals surface area contributed by atoms with Crippen molar-refractivity contribution < 1.29 is 0 Å². The predicted molar refractivity (Wildman–Crippen MR) is 95.3 cm³/mol. The van der Waals surface area contributed by atoms with E-state index in [0.29, 0.717) is 18.0 Å². The van der Waals surface area contributed by atoms with E-state index in [1.807, 2.05) is 36.7 Å². The van der Waals surface area contributed by atoms with Gasteiger partial charge in [0.1, 0.15) is 17.5 Å². The first kappa shape index (κ1) is 16.0. The molecule has 130 valence electrons. The molecule has 3 heterocycles. The summed E-state index contributed by atoms with van der Waals surface area (Å²) in [6.45, 7) is 6.39. The summed E-state index contributed by atoms with van der Waals surface area (Å²) >= 11 is 0. The van der Waals surface area contributed by atoms with Gasteiger partial charge in [-0.05, 0) is 45.4 Å². The third kappa shape index (κ3) is 3.19. The Bertz CT molecular complexity index is 960. The average Bonchev–Trinajstić information content (AvgIpc) is 3.14. The number of hydrogen-bond donors (Lipinski definition) is 1. The number of likely N-dealkylation sites (tertiary alicyclic amines) is 1. The van der Waals surface area contributed by atoms with Gasteiger partial charge >= 0.3 is 0 Å². The summed E-state index contributed by atoms with van der Waals surface area (Å²) in [5.41, 5.74) is 0.679. The molecule has 1 saturated heterocycles. The molecule has 3 aromatic rings. The maximum Gasteiger partial charge on any atom is 0.258 e. The highest BCUT2D eigenvalue weighted by molar-refractivity contribution is 5.77. The SMILES string of the molecule is Cc1nc(C)n(C[C@@H]2CCCN2Cc2nc3ccccc3c(=O)[nH]2)n1. The highest BCUT2D eigenvalue weighted by Gasteiger charge is 2.26. The van der Waals surface area contributed by atoms with Crippen molar-refractivity contribution in [2.24, 2.45) is 0 Å². The zero-order valence-corrected chi connectivity index (χ0v) is 14.6. The number of H-pyrrole nitrogens is 1. The van der Waals surface area contributed by atoms with Crippen LogP contribution in [-0.4, -0.2) is 42.2 Å². The quantitative estimate of drug-likeness (QED) is 0.784. The highest BCUT2D eigenvalue weighted by Crippen LogP contribution is 2.21. The molecular formula is C18H22N6O. The maximum absolute atomic E-state index is 12.3. The Hall–Kier alpha value is -2.54. The van der Waals surface area contributed by atoms with E-state index < -0.39 is 0 Å². The number of hydrogen-bond acceptors (Lipinski definition) is 5. The van der Waals surface area contributed by atoms with Crippen molar-refractivity contribution in [1.82, 2.24) is 29.6 Å². The van der Waals surface area contributed by atoms with Gasteiger partial charge < -0.3 is 4.98 Å². The normalized spacial score (nSPS) is 18.2. The first-order valence-corrected chi connectivity index (χ1v) is 8.70. The third-order valence-corrected chi connectivity index (χ3v) is 4.86. The lowest BCUT2D eigenvalue weighted by Crippen LogP contribution is -2.34. The fourth-order valence-corrected chi connectivity index (χ4v) is 3.65. The standard InChI is InChI=1S/C18H22N6O/c1-12-19-13(2)24(22-12)10-14-6-5-9-23(14)11-17-20-16-8-4-3-7-15(16)18(25)21-17/h3-4,7-8,14H,5-6,9-11H2,1-2H3,(H,20,21,25)/t14-/m0/s1. The predicted octanol–water partition coefficient (Wildman–Crippen LogP) is 1.80. The fraction of sp³-hybridized carbons (Fsp3) is 0.444. The van der Waals surface area contributed by atoms with E-state index in [4.69, 9.17) is 0 Å². The Labute approximate surface area is 145 Å². The van der Waals surface area contributed by atoms with Crippen molar-refractivity contribution >= 4 is 10.9 Å². The zero-order chi connectivity index (χ0) is 17.4. The molecule has 7 nitrogen and oxygen atoms in total. The second-order valence-electron chi connectivity index (χ2n) is 6.68. The molecule has 0 radical (unpaired) electrons. The van der Waals surface area contributed by atoms with Crippen LogP contribution in [0.25, 0.3) is 10.9 Å². The monoisotopic (exact) mass is 338 g/mol. The average molecular weight is 338 g/mol. The number of aromatic nitrogens is 5. The van der Waals surface area contributed by atoms with Crippen LogP contribution in [0.3, 0.4) is 0 Å². The molecule has 1 aliphatic heterocycles. The molecule has 1 N–H and O–H groups in total. The fourth-order valence-electron chi connectivity index (χ4n) is 3.65. The van der Waals surface area contributed by atoms with Crippen molar-refractivity contribution in [3.8, 4) is 0 Å². The maximum atomic E-state index is 12.3. The minimum atomic E-state index is -0.0703. The van der Waals surface area contributed by atoms with Crippen LogP contribution in [0.1, 0.15) is 30.3 Å². The molecule has 1 aliphatic rings. The van der Waals surface area contributed by atoms with Crippen LogP contribution >= 0.6 is 0 Å². The number of nitrogens with one attached hydrogen (secondary N) is 1. The molecule has 2 aromatic heterocycles. The van der Waals surface area contributed by atoms with Crippen LogP contribution < -0.4 is 5.56 Å². The highest BCUT2D eigenvalue weighted by atomic mass is 16.1. The smallest absolute Gasteiger partial charge is 0.258 e. The van der Waals surface area contributed by atoms with Gasteiger partial charge in [-0.1, -0.05) is 12.1 Å². The van der Waals surface area contributed by atoms with Crippen molar-refractivity contribution in [3.63, 3.8) is 0 Å². The van der Waals surface area contributed by atoms with Gasteiger partial charge in [-0.3, -0.25) is 9.69 Å². The molecule has 0 amide bonds. The van der Waals surface area contributed by atoms with Gasteiger partial charge in [-0.25, -0.2) is 14.6 Å². The topological polar surface area (TPSA) is 79.7 Å². The van der Waals surface area contributed by atoms with Gasteiger partial charge in [-0.2, -0.15) is 5.10 Å². The summed E-state index contributed by atoms with van der Waals surface area (Å²) in [7, 11) is 0. The number of aryl methyl sites for hydroxylation is 2. The molecular weight excluding hydrogens is 316 g/mol. The summed E-state index contributed by atoms with van der Waals surface area (Å²) in [5.74, 6) is 2.48. The lowest BCUT2D eigenvalue weighted by atomic mass is 10.2. The van der Waals surface area contributed by atoms with Gasteiger partial charge in [0.05, 0.1) is 24.0 Å². The Balaban J connectivity index is 1.55. The van der Waals surface area contributed by atoms with Crippen molar-refractivity contribution in [2.45, 2.75) is 45.8 Å². The zero-order valence-electron chi connectivity index (χ0n) is 14.6. The largest absolute Gasteiger partial charge is 0.309 e. The van der Waals surface area contributed by atoms with Gasteiger partial charge in [0.2, 0.25) is 0 Å². The molecule has 1 fully saturated rings. The van der Waals surface area contributed by atoms with Crippen molar-refractivity contribution in [3.05, 3.63) is 52.1 Å². The lowest BCUT2D eigenvalue weighted by molar-refractivity contribution is 0.213. The molecule has 1 atom stereocenters. The number of benzene rings is 1. The minimum Gasteiger partial charge on any atom is -0.309 e. The van der Waals surface area contributed by atoms with Crippen LogP contribution in [0.2, 0.25) is 0 Å². The van der Waals surface area contributed by atoms with Crippen molar-refractivity contribution in [1.29, 1.82) is 0 Å². The summed E-state index contributed by atoms with van der Waals surface area (Å²) in [6, 6.07) is 7.85. The van der Waals surface area contributed by atoms with Crippen LogP contribution in [0, 0.1) is 13.8 Å². The van der Waals surface area contributed by atoms with E-state index in [-0.39, 0.29) is 5.56 Å². The van der Waals surface area contributed by atoms with E-state index in [0.717, 1.165) is 48.9 Å². The van der Waals surface area contributed by atoms with Crippen LogP contribution in [0.15, 0.2) is 29.1 Å². The van der Waals surface area contributed by atoms with E-state index >= 15 is 0 Å². The van der Waals surface area contributed by atoms with Crippen molar-refractivity contribution in [2.75, 3.05) is 6.54 Å². The van der Waals surface area contributed by atoms with Crippen LogP contribution in [0.4, 0.5) is 0 Å². The molecule has 0 saturated carbocycles. The number of fused-ring (bicyclic) bond motifs is 1. The molecule has 7 heteroatoms. The summed E-state index contributed by atoms with van der Waals surface area (Å²) < 4.78 is 1.98. The second kappa shape index (κ2) is 6.40. The molecule has 0 bridgehead atoms. The number of rotatable bonds is 4. The third-order valence-electron chi connectivity index (χ3n) is 4.86. The van der Waals surface area contributed by atoms with E-state index in [9.17, 15) is 4.79 Å². The molecule has 0 unspecified atom stereocenters. The lowest BCUT2D eigenvalue weighted by Gasteiger charge is -2.24. The van der Waals surface area contributed by atoms with Gasteiger partial charge in [0, 0.05) is 6.04 Å². The van der Waals surface area contributed by atoms with Gasteiger partial charge in [0.15, 0.2) is 0 Å². The number of para-hydroxylation sites is 1. The molecule has 0 aliphatic carbocycles. The van der Waals surface area contributed by atoms with E-state index in [1.54, 1.807) is 6.07 Å². The molecule has 4 rings (SSSR count). The van der Waals surface area contributed by atoms with E-state index in [1.165, 1.54) is 0 Å². The number of aromatic amines is 1. The Morgan fingerprint density at radius 1 is 1.24 bits per heavy atom. The Morgan fingerprint density at radius 2 is 2.08 bits per heavy atom. The Morgan fingerprint density at radius 3 is 2.88 bits per heavy atom. The second-order valence-corrected chi connectivity index (χ2v) is 6.68. The minimum absolute atomic E-state index is 0.0703. The van der Waals surface area contributed by atoms with Gasteiger partial charge in [0.25, 0.3) is 5.56 Å². The number of nitrogens with zero attached hydrogens (tertiary/aromatic N) is 5. The molecule has 1 aromatic carbocycles. The summed E-state index contributed by atoms with van der Waals surface area (Å²) in [5, 5.41) is 5.11. The summed E-state index contributed by atoms with van der Waals surface area (Å²) in [6.07, 6.45) is 2.27. The summed E-state index contributed by atoms with van der Waals surface area (Å²) in [4.78, 5) is 26.6. The van der Waals surface area contributed by atoms with Crippen LogP contribution in [-0.2, 0) is 13.1 Å².